The maximum absolute atomic E-state index is 6.16. The highest BCUT2D eigenvalue weighted by molar-refractivity contribution is 6.41. The Kier molecular flexibility index (Phi) is 5.38. The molecule has 0 saturated heterocycles. The molecule has 0 aliphatic heterocycles. The van der Waals surface area contributed by atoms with Gasteiger partial charge >= 0.3 is 0 Å². The third-order valence-electron chi connectivity index (χ3n) is 3.81. The Bertz CT molecular complexity index is 947. The number of halogens is 3. The van der Waals surface area contributed by atoms with Crippen molar-refractivity contribution in [3.05, 3.63) is 69.2 Å². The number of hydrogen-bond donors (Lipinski definition) is 1. The zero-order valence-corrected chi connectivity index (χ0v) is 15.9. The first-order chi connectivity index (χ1) is 12.0. The maximum Gasteiger partial charge on any atom is 0.119 e. The van der Waals surface area contributed by atoms with Crippen LogP contribution in [0.1, 0.15) is 12.5 Å². The largest absolute Gasteiger partial charge is 0.497 e. The monoisotopic (exact) mass is 392 g/mol. The lowest BCUT2D eigenvalue weighted by molar-refractivity contribution is 0.415. The van der Waals surface area contributed by atoms with Gasteiger partial charge in [0, 0.05) is 5.02 Å². The molecule has 0 saturated carbocycles. The van der Waals surface area contributed by atoms with Crippen molar-refractivity contribution in [2.24, 2.45) is 5.10 Å². The number of fused-ring (bicyclic) bond motifs is 1. The third-order valence-corrected chi connectivity index (χ3v) is 4.62. The van der Waals surface area contributed by atoms with Gasteiger partial charge in [0.25, 0.3) is 0 Å². The third kappa shape index (κ3) is 4.01. The zero-order chi connectivity index (χ0) is 18.0. The van der Waals surface area contributed by atoms with Gasteiger partial charge in [-0.2, -0.15) is 5.10 Å². The van der Waals surface area contributed by atoms with E-state index in [4.69, 9.17) is 39.5 Å². The number of methoxy groups -OCH3 is 1. The molecule has 0 bridgehead atoms. The van der Waals surface area contributed by atoms with Crippen molar-refractivity contribution in [3.8, 4) is 5.75 Å². The van der Waals surface area contributed by atoms with Gasteiger partial charge in [-0.15, -0.1) is 0 Å². The van der Waals surface area contributed by atoms with E-state index < -0.39 is 0 Å². The highest BCUT2D eigenvalue weighted by atomic mass is 35.5. The molecule has 0 aliphatic rings. The predicted octanol–water partition coefficient (Wildman–Crippen LogP) is 6.64. The van der Waals surface area contributed by atoms with Crippen LogP contribution in [0.15, 0.2) is 53.6 Å². The smallest absolute Gasteiger partial charge is 0.119 e. The maximum atomic E-state index is 6.16. The van der Waals surface area contributed by atoms with E-state index in [1.54, 1.807) is 19.2 Å². The van der Waals surface area contributed by atoms with Crippen LogP contribution in [0.3, 0.4) is 0 Å². The number of hydrogen-bond acceptors (Lipinski definition) is 3. The Morgan fingerprint density at radius 3 is 2.24 bits per heavy atom. The molecule has 0 atom stereocenters. The number of ether oxygens (including phenoxy) is 1. The zero-order valence-electron chi connectivity index (χ0n) is 13.6. The van der Waals surface area contributed by atoms with Crippen molar-refractivity contribution in [2.45, 2.75) is 6.92 Å². The molecular formula is C19H15Cl3N2O. The molecule has 128 valence electrons. The lowest BCUT2D eigenvalue weighted by Crippen LogP contribution is -2.00. The summed E-state index contributed by atoms with van der Waals surface area (Å²) < 4.78 is 5.25. The fourth-order valence-electron chi connectivity index (χ4n) is 2.43. The van der Waals surface area contributed by atoms with Gasteiger partial charge < -0.3 is 4.74 Å². The molecule has 0 heterocycles. The average molecular weight is 394 g/mol. The van der Waals surface area contributed by atoms with E-state index in [0.29, 0.717) is 20.8 Å². The highest BCUT2D eigenvalue weighted by Gasteiger charge is 2.08. The van der Waals surface area contributed by atoms with Gasteiger partial charge in [0.05, 0.1) is 28.6 Å². The van der Waals surface area contributed by atoms with Gasteiger partial charge in [-0.25, -0.2) is 0 Å². The number of hydrazone groups is 1. The summed E-state index contributed by atoms with van der Waals surface area (Å²) in [6.07, 6.45) is 0. The van der Waals surface area contributed by atoms with Crippen molar-refractivity contribution in [2.75, 3.05) is 12.5 Å². The Labute approximate surface area is 161 Å². The summed E-state index contributed by atoms with van der Waals surface area (Å²) in [4.78, 5) is 0. The van der Waals surface area contributed by atoms with Crippen LogP contribution in [0, 0.1) is 0 Å². The second kappa shape index (κ2) is 7.52. The summed E-state index contributed by atoms with van der Waals surface area (Å²) in [5.74, 6) is 0.833. The van der Waals surface area contributed by atoms with Gasteiger partial charge in [0.1, 0.15) is 5.75 Å². The molecule has 0 unspecified atom stereocenters. The van der Waals surface area contributed by atoms with E-state index in [1.807, 2.05) is 37.3 Å². The fraction of sp³-hybridized carbons (Fsp3) is 0.105. The van der Waals surface area contributed by atoms with Gasteiger partial charge in [-0.3, -0.25) is 5.43 Å². The Morgan fingerprint density at radius 2 is 1.56 bits per heavy atom. The van der Waals surface area contributed by atoms with E-state index >= 15 is 0 Å². The molecule has 0 spiro atoms. The second-order valence-electron chi connectivity index (χ2n) is 5.48. The Morgan fingerprint density at radius 1 is 0.920 bits per heavy atom. The molecule has 3 nitrogen and oxygen atoms in total. The minimum Gasteiger partial charge on any atom is -0.497 e. The summed E-state index contributed by atoms with van der Waals surface area (Å²) in [6, 6.07) is 15.3. The lowest BCUT2D eigenvalue weighted by atomic mass is 10.0. The van der Waals surface area contributed by atoms with Crippen LogP contribution in [0.25, 0.3) is 10.8 Å². The van der Waals surface area contributed by atoms with Crippen molar-refractivity contribution in [1.82, 2.24) is 0 Å². The lowest BCUT2D eigenvalue weighted by Gasteiger charge is -2.09. The number of anilines is 1. The first kappa shape index (κ1) is 17.9. The second-order valence-corrected chi connectivity index (χ2v) is 6.73. The minimum absolute atomic E-state index is 0.416. The first-order valence-corrected chi connectivity index (χ1v) is 8.64. The van der Waals surface area contributed by atoms with Crippen molar-refractivity contribution >= 4 is 57.0 Å². The summed E-state index contributed by atoms with van der Waals surface area (Å²) >= 11 is 18.2. The van der Waals surface area contributed by atoms with Crippen LogP contribution < -0.4 is 10.2 Å². The summed E-state index contributed by atoms with van der Waals surface area (Å²) in [7, 11) is 1.66. The van der Waals surface area contributed by atoms with E-state index in [0.717, 1.165) is 27.8 Å². The molecule has 1 N–H and O–H groups in total. The van der Waals surface area contributed by atoms with Gasteiger partial charge in [-0.05, 0) is 53.6 Å². The van der Waals surface area contributed by atoms with E-state index in [-0.39, 0.29) is 0 Å². The van der Waals surface area contributed by atoms with E-state index in [1.165, 1.54) is 0 Å². The number of nitrogens with zero attached hydrogens (tertiary/aromatic N) is 1. The van der Waals surface area contributed by atoms with Gasteiger partial charge in [0.2, 0.25) is 0 Å². The number of benzene rings is 3. The van der Waals surface area contributed by atoms with Crippen molar-refractivity contribution in [1.29, 1.82) is 0 Å². The van der Waals surface area contributed by atoms with Crippen molar-refractivity contribution in [3.63, 3.8) is 0 Å². The van der Waals surface area contributed by atoms with E-state index in [2.05, 4.69) is 16.6 Å². The molecule has 6 heteroatoms. The topological polar surface area (TPSA) is 33.6 Å². The molecule has 0 radical (unpaired) electrons. The Hall–Kier alpha value is -1.94. The predicted molar refractivity (Wildman–Crippen MR) is 108 cm³/mol. The van der Waals surface area contributed by atoms with Crippen LogP contribution >= 0.6 is 34.8 Å². The summed E-state index contributed by atoms with van der Waals surface area (Å²) in [5, 5.41) is 7.91. The van der Waals surface area contributed by atoms with Crippen LogP contribution in [0.5, 0.6) is 5.75 Å². The quantitative estimate of drug-likeness (QED) is 0.398. The summed E-state index contributed by atoms with van der Waals surface area (Å²) in [5.41, 5.74) is 5.24. The van der Waals surface area contributed by atoms with E-state index in [9.17, 15) is 0 Å². The first-order valence-electron chi connectivity index (χ1n) is 7.51. The normalized spacial score (nSPS) is 11.6. The molecular weight excluding hydrogens is 379 g/mol. The number of rotatable bonds is 4. The molecule has 0 fully saturated rings. The molecule has 3 aromatic carbocycles. The van der Waals surface area contributed by atoms with Crippen LogP contribution in [0.4, 0.5) is 5.69 Å². The standard InChI is InChI=1S/C19H15Cl3N2O/c1-11(23-24-19-17(21)9-15(20)10-18(19)22)12-3-4-14-8-16(25-2)6-5-13(14)7-12/h3-10,24H,1-2H3/b23-11-. The molecule has 0 aliphatic carbocycles. The Balaban J connectivity index is 1.89. The molecule has 3 rings (SSSR count). The SMILES string of the molecule is COc1ccc2cc(/C(C)=N\Nc3c(Cl)cc(Cl)cc3Cl)ccc2c1. The molecule has 3 aromatic rings. The molecule has 0 aromatic heterocycles. The average Bonchev–Trinajstić information content (AvgIpc) is 2.59. The van der Waals surface area contributed by atoms with Crippen molar-refractivity contribution < 1.29 is 4.74 Å². The minimum atomic E-state index is 0.416. The molecule has 0 amide bonds. The van der Waals surface area contributed by atoms with Gasteiger partial charge in [-0.1, -0.05) is 53.0 Å². The van der Waals surface area contributed by atoms with Gasteiger partial charge in [0.15, 0.2) is 0 Å². The van der Waals surface area contributed by atoms with Crippen LogP contribution in [0.2, 0.25) is 15.1 Å². The highest BCUT2D eigenvalue weighted by Crippen LogP contribution is 2.33. The molecule has 25 heavy (non-hydrogen) atoms. The van der Waals surface area contributed by atoms with Crippen LogP contribution in [-0.4, -0.2) is 12.8 Å². The van der Waals surface area contributed by atoms with Crippen LogP contribution in [-0.2, 0) is 0 Å². The number of nitrogens with one attached hydrogen (secondary N) is 1. The summed E-state index contributed by atoms with van der Waals surface area (Å²) in [6.45, 7) is 1.91. The fourth-order valence-corrected chi connectivity index (χ4v) is 3.33.